The summed E-state index contributed by atoms with van der Waals surface area (Å²) in [4.78, 5) is 0. The number of hydrogen-bond donors (Lipinski definition) is 3. The van der Waals surface area contributed by atoms with Crippen LogP contribution in [0.3, 0.4) is 0 Å². The van der Waals surface area contributed by atoms with Gasteiger partial charge in [0.15, 0.2) is 0 Å². The summed E-state index contributed by atoms with van der Waals surface area (Å²) in [5.74, 6) is 0.514. The molecule has 0 bridgehead atoms. The minimum Gasteiger partial charge on any atom is -0.508 e. The zero-order valence-electron chi connectivity index (χ0n) is 9.94. The highest BCUT2D eigenvalue weighted by atomic mass is 79.9. The first-order chi connectivity index (χ1) is 8.56. The van der Waals surface area contributed by atoms with Gasteiger partial charge in [0.25, 0.3) is 0 Å². The topological polar surface area (TPSA) is 52.5 Å². The minimum atomic E-state index is 0.252. The Morgan fingerprint density at radius 3 is 2.56 bits per heavy atom. The van der Waals surface area contributed by atoms with E-state index in [2.05, 4.69) is 21.2 Å². The number of rotatable bonds is 3. The SMILES string of the molecule is Cc1ccc(NCc2cc(Br)ccc2O)cc1O. The number of hydrogen-bond acceptors (Lipinski definition) is 3. The Labute approximate surface area is 114 Å². The zero-order valence-corrected chi connectivity index (χ0v) is 11.5. The van der Waals surface area contributed by atoms with E-state index in [9.17, 15) is 10.2 Å². The third-order valence-electron chi connectivity index (χ3n) is 2.73. The normalized spacial score (nSPS) is 10.3. The van der Waals surface area contributed by atoms with Gasteiger partial charge in [-0.15, -0.1) is 0 Å². The number of aromatic hydroxyl groups is 2. The molecule has 3 N–H and O–H groups in total. The molecule has 0 spiro atoms. The molecule has 2 rings (SSSR count). The molecular formula is C14H14BrNO2. The van der Waals surface area contributed by atoms with Crippen molar-refractivity contribution in [3.8, 4) is 11.5 Å². The van der Waals surface area contributed by atoms with Crippen molar-refractivity contribution in [1.29, 1.82) is 0 Å². The van der Waals surface area contributed by atoms with Crippen molar-refractivity contribution in [1.82, 2.24) is 0 Å². The fourth-order valence-electron chi connectivity index (χ4n) is 1.61. The van der Waals surface area contributed by atoms with E-state index >= 15 is 0 Å². The van der Waals surface area contributed by atoms with E-state index in [4.69, 9.17) is 0 Å². The molecule has 0 saturated heterocycles. The Morgan fingerprint density at radius 2 is 1.83 bits per heavy atom. The van der Waals surface area contributed by atoms with Gasteiger partial charge in [0, 0.05) is 28.3 Å². The number of phenols is 2. The largest absolute Gasteiger partial charge is 0.508 e. The van der Waals surface area contributed by atoms with Crippen LogP contribution in [0, 0.1) is 6.92 Å². The lowest BCUT2D eigenvalue weighted by Crippen LogP contribution is -1.99. The van der Waals surface area contributed by atoms with Crippen molar-refractivity contribution in [3.63, 3.8) is 0 Å². The predicted molar refractivity (Wildman–Crippen MR) is 76.0 cm³/mol. The quantitative estimate of drug-likeness (QED) is 0.809. The first-order valence-electron chi connectivity index (χ1n) is 5.57. The molecule has 0 amide bonds. The minimum absolute atomic E-state index is 0.252. The Hall–Kier alpha value is -1.68. The Bertz CT molecular complexity index is 570. The summed E-state index contributed by atoms with van der Waals surface area (Å²) < 4.78 is 0.920. The number of anilines is 1. The molecule has 3 nitrogen and oxygen atoms in total. The molecule has 4 heteroatoms. The second-order valence-corrected chi connectivity index (χ2v) is 5.04. The molecule has 2 aromatic carbocycles. The maximum Gasteiger partial charge on any atom is 0.120 e. The number of benzene rings is 2. The first-order valence-corrected chi connectivity index (χ1v) is 6.36. The second kappa shape index (κ2) is 5.31. The molecular weight excluding hydrogens is 294 g/mol. The standard InChI is InChI=1S/C14H14BrNO2/c1-9-2-4-12(7-14(9)18)16-8-10-6-11(15)3-5-13(10)17/h2-7,16-18H,8H2,1H3. The molecule has 0 aromatic heterocycles. The van der Waals surface area contributed by atoms with Gasteiger partial charge in [-0.25, -0.2) is 0 Å². The van der Waals surface area contributed by atoms with Crippen LogP contribution in [0.1, 0.15) is 11.1 Å². The highest BCUT2D eigenvalue weighted by molar-refractivity contribution is 9.10. The Kier molecular flexibility index (Phi) is 3.77. The van der Waals surface area contributed by atoms with Crippen LogP contribution in [-0.4, -0.2) is 10.2 Å². The van der Waals surface area contributed by atoms with Gasteiger partial charge in [-0.1, -0.05) is 22.0 Å². The molecule has 0 aliphatic rings. The van der Waals surface area contributed by atoms with Crippen LogP contribution in [0.15, 0.2) is 40.9 Å². The van der Waals surface area contributed by atoms with Crippen molar-refractivity contribution in [2.45, 2.75) is 13.5 Å². The van der Waals surface area contributed by atoms with Crippen LogP contribution in [0.5, 0.6) is 11.5 Å². The lowest BCUT2D eigenvalue weighted by atomic mass is 10.1. The molecule has 0 fully saturated rings. The van der Waals surface area contributed by atoms with E-state index in [-0.39, 0.29) is 11.5 Å². The van der Waals surface area contributed by atoms with Crippen LogP contribution in [0.25, 0.3) is 0 Å². The molecule has 18 heavy (non-hydrogen) atoms. The summed E-state index contributed by atoms with van der Waals surface area (Å²) in [5, 5.41) is 22.5. The van der Waals surface area contributed by atoms with Gasteiger partial charge in [-0.05, 0) is 36.8 Å². The van der Waals surface area contributed by atoms with Crippen molar-refractivity contribution in [2.24, 2.45) is 0 Å². The number of aryl methyl sites for hydroxylation is 1. The monoisotopic (exact) mass is 307 g/mol. The van der Waals surface area contributed by atoms with Crippen LogP contribution in [-0.2, 0) is 6.54 Å². The number of halogens is 1. The third kappa shape index (κ3) is 2.96. The average molecular weight is 308 g/mol. The first kappa shape index (κ1) is 12.8. The fraction of sp³-hybridized carbons (Fsp3) is 0.143. The molecule has 0 radical (unpaired) electrons. The van der Waals surface area contributed by atoms with E-state index in [0.29, 0.717) is 6.54 Å². The molecule has 0 aliphatic heterocycles. The van der Waals surface area contributed by atoms with E-state index < -0.39 is 0 Å². The molecule has 94 valence electrons. The summed E-state index contributed by atoms with van der Waals surface area (Å²) >= 11 is 3.36. The fourth-order valence-corrected chi connectivity index (χ4v) is 2.02. The molecule has 0 atom stereocenters. The van der Waals surface area contributed by atoms with E-state index in [1.807, 2.05) is 25.1 Å². The molecule has 0 unspecified atom stereocenters. The Balaban J connectivity index is 2.11. The highest BCUT2D eigenvalue weighted by Gasteiger charge is 2.03. The smallest absolute Gasteiger partial charge is 0.120 e. The van der Waals surface area contributed by atoms with Gasteiger partial charge in [0.1, 0.15) is 11.5 Å². The van der Waals surface area contributed by atoms with Crippen LogP contribution < -0.4 is 5.32 Å². The van der Waals surface area contributed by atoms with Gasteiger partial charge in [0.2, 0.25) is 0 Å². The summed E-state index contributed by atoms with van der Waals surface area (Å²) in [6.45, 7) is 2.34. The van der Waals surface area contributed by atoms with Crippen LogP contribution in [0.2, 0.25) is 0 Å². The maximum absolute atomic E-state index is 9.70. The van der Waals surface area contributed by atoms with Crippen LogP contribution in [0.4, 0.5) is 5.69 Å². The molecule has 2 aromatic rings. The lowest BCUT2D eigenvalue weighted by Gasteiger charge is -2.09. The van der Waals surface area contributed by atoms with Crippen molar-refractivity contribution in [3.05, 3.63) is 52.0 Å². The van der Waals surface area contributed by atoms with Crippen molar-refractivity contribution < 1.29 is 10.2 Å². The number of nitrogens with one attached hydrogen (secondary N) is 1. The van der Waals surface area contributed by atoms with Gasteiger partial charge in [-0.3, -0.25) is 0 Å². The summed E-state index contributed by atoms with van der Waals surface area (Å²) in [6, 6.07) is 10.7. The molecule has 0 saturated carbocycles. The maximum atomic E-state index is 9.70. The van der Waals surface area contributed by atoms with E-state index in [1.54, 1.807) is 18.2 Å². The van der Waals surface area contributed by atoms with E-state index in [0.717, 1.165) is 21.3 Å². The third-order valence-corrected chi connectivity index (χ3v) is 3.23. The molecule has 0 aliphatic carbocycles. The number of phenolic OH excluding ortho intramolecular Hbond substituents is 2. The lowest BCUT2D eigenvalue weighted by molar-refractivity contribution is 0.469. The average Bonchev–Trinajstić information content (AvgIpc) is 2.34. The predicted octanol–water partition coefficient (Wildman–Crippen LogP) is 3.78. The van der Waals surface area contributed by atoms with Gasteiger partial charge in [0.05, 0.1) is 0 Å². The summed E-state index contributed by atoms with van der Waals surface area (Å²) in [5.41, 5.74) is 2.45. The highest BCUT2D eigenvalue weighted by Crippen LogP contribution is 2.24. The summed E-state index contributed by atoms with van der Waals surface area (Å²) in [6.07, 6.45) is 0. The summed E-state index contributed by atoms with van der Waals surface area (Å²) in [7, 11) is 0. The Morgan fingerprint density at radius 1 is 1.06 bits per heavy atom. The zero-order chi connectivity index (χ0) is 13.1. The van der Waals surface area contributed by atoms with E-state index in [1.165, 1.54) is 0 Å². The van der Waals surface area contributed by atoms with Crippen molar-refractivity contribution in [2.75, 3.05) is 5.32 Å². The van der Waals surface area contributed by atoms with Gasteiger partial charge in [-0.2, -0.15) is 0 Å². The van der Waals surface area contributed by atoms with Gasteiger partial charge >= 0.3 is 0 Å². The van der Waals surface area contributed by atoms with Crippen molar-refractivity contribution >= 4 is 21.6 Å². The van der Waals surface area contributed by atoms with Crippen LogP contribution >= 0.6 is 15.9 Å². The van der Waals surface area contributed by atoms with Gasteiger partial charge < -0.3 is 15.5 Å². The molecule has 0 heterocycles. The second-order valence-electron chi connectivity index (χ2n) is 4.13.